The summed E-state index contributed by atoms with van der Waals surface area (Å²) in [4.78, 5) is 0. The molecule has 2 aromatic carbocycles. The van der Waals surface area contributed by atoms with Gasteiger partial charge >= 0.3 is 0 Å². The monoisotopic (exact) mass is 289 g/mol. The molecule has 5 heteroatoms. The molecule has 1 unspecified atom stereocenters. The predicted octanol–water partition coefficient (Wildman–Crippen LogP) is 2.93. The normalized spacial score (nSPS) is 19.4. The summed E-state index contributed by atoms with van der Waals surface area (Å²) in [6, 6.07) is 7.22. The second-order valence-electron chi connectivity index (χ2n) is 5.21. The molecule has 0 aliphatic carbocycles. The summed E-state index contributed by atoms with van der Waals surface area (Å²) >= 11 is 0. The summed E-state index contributed by atoms with van der Waals surface area (Å²) in [5.41, 5.74) is 2.50. The topological polar surface area (TPSA) is 30.5 Å². The van der Waals surface area contributed by atoms with Crippen molar-refractivity contribution >= 4 is 0 Å². The lowest BCUT2D eigenvalue weighted by Gasteiger charge is -2.28. The van der Waals surface area contributed by atoms with Crippen LogP contribution in [0.2, 0.25) is 0 Å². The number of halogens is 2. The third-order valence-electron chi connectivity index (χ3n) is 3.96. The molecule has 3 nitrogen and oxygen atoms in total. The van der Waals surface area contributed by atoms with Crippen LogP contribution in [0.15, 0.2) is 30.3 Å². The molecule has 1 N–H and O–H groups in total. The van der Waals surface area contributed by atoms with E-state index in [9.17, 15) is 8.78 Å². The van der Waals surface area contributed by atoms with Crippen LogP contribution in [0, 0.1) is 11.6 Å². The summed E-state index contributed by atoms with van der Waals surface area (Å²) < 4.78 is 37.9. The molecule has 2 aliphatic rings. The average Bonchev–Trinajstić information content (AvgIpc) is 2.92. The van der Waals surface area contributed by atoms with Crippen molar-refractivity contribution in [2.75, 3.05) is 13.3 Å². The van der Waals surface area contributed by atoms with Gasteiger partial charge in [-0.05, 0) is 35.7 Å². The Bertz CT molecular complexity index is 718. The number of benzene rings is 2. The maximum atomic E-state index is 14.1. The molecule has 0 amide bonds. The summed E-state index contributed by atoms with van der Waals surface area (Å²) in [5.74, 6) is 0.287. The van der Waals surface area contributed by atoms with Gasteiger partial charge in [0.1, 0.15) is 11.6 Å². The Balaban J connectivity index is 1.83. The summed E-state index contributed by atoms with van der Waals surface area (Å²) in [6.45, 7) is 0.940. The van der Waals surface area contributed by atoms with Crippen molar-refractivity contribution in [3.63, 3.8) is 0 Å². The fourth-order valence-corrected chi connectivity index (χ4v) is 2.96. The first-order valence-electron chi connectivity index (χ1n) is 6.83. The van der Waals surface area contributed by atoms with Gasteiger partial charge in [0.05, 0.1) is 6.04 Å². The van der Waals surface area contributed by atoms with E-state index in [0.29, 0.717) is 11.3 Å². The van der Waals surface area contributed by atoms with Gasteiger partial charge in [0.25, 0.3) is 0 Å². The van der Waals surface area contributed by atoms with Gasteiger partial charge in [-0.25, -0.2) is 8.78 Å². The number of nitrogens with one attached hydrogen (secondary N) is 1. The Morgan fingerprint density at radius 1 is 1.00 bits per heavy atom. The van der Waals surface area contributed by atoms with Crippen LogP contribution in [0.4, 0.5) is 8.78 Å². The minimum Gasteiger partial charge on any atom is -0.454 e. The van der Waals surface area contributed by atoms with Crippen molar-refractivity contribution in [3.05, 3.63) is 58.7 Å². The number of hydrogen-bond acceptors (Lipinski definition) is 3. The van der Waals surface area contributed by atoms with Crippen molar-refractivity contribution in [1.29, 1.82) is 0 Å². The Kier molecular flexibility index (Phi) is 2.82. The van der Waals surface area contributed by atoms with Crippen LogP contribution in [0.3, 0.4) is 0 Å². The van der Waals surface area contributed by atoms with Crippen LogP contribution in [-0.2, 0) is 6.42 Å². The quantitative estimate of drug-likeness (QED) is 0.875. The lowest BCUT2D eigenvalue weighted by atomic mass is 9.89. The highest BCUT2D eigenvalue weighted by Crippen LogP contribution is 2.40. The van der Waals surface area contributed by atoms with Crippen LogP contribution < -0.4 is 14.8 Å². The summed E-state index contributed by atoms with van der Waals surface area (Å²) in [7, 11) is 0. The molecule has 2 aromatic rings. The van der Waals surface area contributed by atoms with Crippen molar-refractivity contribution in [3.8, 4) is 11.5 Å². The second-order valence-corrected chi connectivity index (χ2v) is 5.21. The maximum Gasteiger partial charge on any atom is 0.231 e. The third-order valence-corrected chi connectivity index (χ3v) is 3.96. The molecular weight excluding hydrogens is 276 g/mol. The molecule has 2 aliphatic heterocycles. The Hall–Kier alpha value is -2.14. The van der Waals surface area contributed by atoms with Crippen LogP contribution in [0.5, 0.6) is 11.5 Å². The molecule has 0 saturated heterocycles. The summed E-state index contributed by atoms with van der Waals surface area (Å²) in [6.07, 6.45) is 0.839. The third kappa shape index (κ3) is 2.05. The molecule has 0 spiro atoms. The van der Waals surface area contributed by atoms with Crippen molar-refractivity contribution in [2.24, 2.45) is 0 Å². The zero-order valence-electron chi connectivity index (χ0n) is 11.2. The highest BCUT2D eigenvalue weighted by atomic mass is 19.1. The van der Waals surface area contributed by atoms with E-state index in [0.717, 1.165) is 35.9 Å². The highest BCUT2D eigenvalue weighted by molar-refractivity contribution is 5.52. The predicted molar refractivity (Wildman–Crippen MR) is 72.5 cm³/mol. The van der Waals surface area contributed by atoms with Gasteiger partial charge in [-0.3, -0.25) is 0 Å². The van der Waals surface area contributed by atoms with E-state index in [-0.39, 0.29) is 12.8 Å². The zero-order valence-corrected chi connectivity index (χ0v) is 11.2. The van der Waals surface area contributed by atoms with E-state index in [4.69, 9.17) is 9.47 Å². The summed E-state index contributed by atoms with van der Waals surface area (Å²) in [5, 5.41) is 3.28. The van der Waals surface area contributed by atoms with Gasteiger partial charge < -0.3 is 14.8 Å². The molecule has 108 valence electrons. The molecule has 0 aromatic heterocycles. The van der Waals surface area contributed by atoms with Crippen LogP contribution in [-0.4, -0.2) is 13.3 Å². The minimum atomic E-state index is -0.571. The zero-order chi connectivity index (χ0) is 14.4. The van der Waals surface area contributed by atoms with E-state index in [1.807, 2.05) is 12.1 Å². The van der Waals surface area contributed by atoms with E-state index in [2.05, 4.69) is 5.32 Å². The molecule has 0 fully saturated rings. The van der Waals surface area contributed by atoms with Gasteiger partial charge in [0.15, 0.2) is 11.5 Å². The highest BCUT2D eigenvalue weighted by Gasteiger charge is 2.27. The first-order valence-corrected chi connectivity index (χ1v) is 6.83. The fraction of sp³-hybridized carbons (Fsp3) is 0.250. The fourth-order valence-electron chi connectivity index (χ4n) is 2.96. The SMILES string of the molecule is Fc1ccc(C2NCCc3cc4c(cc32)OCO4)c(F)c1. The van der Waals surface area contributed by atoms with Gasteiger partial charge in [-0.2, -0.15) is 0 Å². The van der Waals surface area contributed by atoms with Gasteiger partial charge in [0.2, 0.25) is 6.79 Å². The smallest absolute Gasteiger partial charge is 0.231 e. The van der Waals surface area contributed by atoms with Crippen LogP contribution >= 0.6 is 0 Å². The minimum absolute atomic E-state index is 0.210. The number of rotatable bonds is 1. The average molecular weight is 289 g/mol. The molecule has 21 heavy (non-hydrogen) atoms. The van der Waals surface area contributed by atoms with Gasteiger partial charge in [-0.15, -0.1) is 0 Å². The van der Waals surface area contributed by atoms with E-state index in [1.165, 1.54) is 12.1 Å². The van der Waals surface area contributed by atoms with E-state index < -0.39 is 11.6 Å². The number of hydrogen-bond donors (Lipinski definition) is 1. The lowest BCUT2D eigenvalue weighted by Crippen LogP contribution is -2.31. The van der Waals surface area contributed by atoms with Gasteiger partial charge in [0, 0.05) is 18.2 Å². The number of ether oxygens (including phenoxy) is 2. The van der Waals surface area contributed by atoms with Gasteiger partial charge in [-0.1, -0.05) is 6.07 Å². The van der Waals surface area contributed by atoms with Crippen molar-refractivity contribution < 1.29 is 18.3 Å². The van der Waals surface area contributed by atoms with Crippen LogP contribution in [0.1, 0.15) is 22.7 Å². The first-order chi connectivity index (χ1) is 10.2. The Labute approximate surface area is 120 Å². The molecule has 1 atom stereocenters. The lowest BCUT2D eigenvalue weighted by molar-refractivity contribution is 0.174. The molecule has 0 bridgehead atoms. The van der Waals surface area contributed by atoms with Crippen LogP contribution in [0.25, 0.3) is 0 Å². The molecule has 2 heterocycles. The Morgan fingerprint density at radius 3 is 2.62 bits per heavy atom. The standard InChI is InChI=1S/C16H13F2NO2/c17-10-1-2-11(13(18)6-10)16-12-7-15-14(20-8-21-15)5-9(12)3-4-19-16/h1-2,5-7,16,19H,3-4,8H2. The maximum absolute atomic E-state index is 14.1. The van der Waals surface area contributed by atoms with E-state index in [1.54, 1.807) is 0 Å². The van der Waals surface area contributed by atoms with Crippen molar-refractivity contribution in [2.45, 2.75) is 12.5 Å². The number of fused-ring (bicyclic) bond motifs is 2. The van der Waals surface area contributed by atoms with Crippen molar-refractivity contribution in [1.82, 2.24) is 5.32 Å². The first kappa shape index (κ1) is 12.6. The Morgan fingerprint density at radius 2 is 1.81 bits per heavy atom. The molecular formula is C16H13F2NO2. The largest absolute Gasteiger partial charge is 0.454 e. The second kappa shape index (κ2) is 4.70. The van der Waals surface area contributed by atoms with E-state index >= 15 is 0 Å². The molecule has 0 radical (unpaired) electrons. The molecule has 0 saturated carbocycles. The molecule has 4 rings (SSSR count).